The number of amides is 4. The van der Waals surface area contributed by atoms with Gasteiger partial charge in [-0.2, -0.15) is 0 Å². The van der Waals surface area contributed by atoms with Gasteiger partial charge in [-0.3, -0.25) is 19.4 Å². The highest BCUT2D eigenvalue weighted by molar-refractivity contribution is 8.31. The van der Waals surface area contributed by atoms with Gasteiger partial charge >= 0.3 is 6.03 Å². The zero-order valence-electron chi connectivity index (χ0n) is 16.1. The number of carbonyl (C=O) groups is 3. The molecule has 7 heteroatoms. The average Bonchev–Trinajstić information content (AvgIpc) is 3.18. The molecule has 2 aliphatic rings. The van der Waals surface area contributed by atoms with Crippen molar-refractivity contribution in [1.82, 2.24) is 9.80 Å². The summed E-state index contributed by atoms with van der Waals surface area (Å²) < 4.78 is 0.657. The van der Waals surface area contributed by atoms with Crippen molar-refractivity contribution in [3.8, 4) is 0 Å². The van der Waals surface area contributed by atoms with Crippen LogP contribution in [0.5, 0.6) is 0 Å². The molecule has 0 aliphatic carbocycles. The molecule has 4 amide bonds. The van der Waals surface area contributed by atoms with Gasteiger partial charge in [0, 0.05) is 18.0 Å². The van der Waals surface area contributed by atoms with Crippen molar-refractivity contribution in [3.63, 3.8) is 0 Å². The van der Waals surface area contributed by atoms with Gasteiger partial charge in [-0.25, -0.2) is 4.79 Å². The Morgan fingerprint density at radius 2 is 1.43 bits per heavy atom. The predicted molar refractivity (Wildman–Crippen MR) is 115 cm³/mol. The molecular weight excluding hydrogens is 392 g/mol. The lowest BCUT2D eigenvalue weighted by Gasteiger charge is -2.34. The van der Waals surface area contributed by atoms with Gasteiger partial charge in [-0.1, -0.05) is 80.5 Å². The highest BCUT2D eigenvalue weighted by atomic mass is 32.2. The van der Waals surface area contributed by atoms with Crippen LogP contribution in [0.15, 0.2) is 45.6 Å². The fourth-order valence-corrected chi connectivity index (χ4v) is 5.29. The molecule has 0 unspecified atom stereocenters. The Labute approximate surface area is 174 Å². The van der Waals surface area contributed by atoms with E-state index >= 15 is 0 Å². The second-order valence-electron chi connectivity index (χ2n) is 6.63. The van der Waals surface area contributed by atoms with Crippen LogP contribution >= 0.6 is 23.5 Å². The first-order valence-electron chi connectivity index (χ1n) is 9.60. The minimum Gasteiger partial charge on any atom is -0.268 e. The third-order valence-corrected chi connectivity index (χ3v) is 7.01. The van der Waals surface area contributed by atoms with Crippen molar-refractivity contribution in [2.24, 2.45) is 0 Å². The van der Waals surface area contributed by atoms with Crippen LogP contribution in [-0.2, 0) is 9.59 Å². The third kappa shape index (κ3) is 4.20. The summed E-state index contributed by atoms with van der Waals surface area (Å²) in [6.45, 7) is 4.71. The molecule has 1 fully saturated rings. The van der Waals surface area contributed by atoms with E-state index < -0.39 is 17.8 Å². The van der Waals surface area contributed by atoms with Crippen molar-refractivity contribution in [1.29, 1.82) is 0 Å². The zero-order chi connectivity index (χ0) is 20.1. The van der Waals surface area contributed by atoms with Crippen molar-refractivity contribution in [2.45, 2.75) is 39.5 Å². The van der Waals surface area contributed by atoms with Crippen LogP contribution in [0.1, 0.15) is 45.1 Å². The first-order valence-corrected chi connectivity index (χ1v) is 11.3. The summed E-state index contributed by atoms with van der Waals surface area (Å²) in [7, 11) is 0. The summed E-state index contributed by atoms with van der Waals surface area (Å²) in [6.07, 6.45) is 3.19. The van der Waals surface area contributed by atoms with Gasteiger partial charge in [-0.15, -0.1) is 0 Å². The Morgan fingerprint density at radius 1 is 0.857 bits per heavy atom. The largest absolute Gasteiger partial charge is 0.333 e. The van der Waals surface area contributed by atoms with Gasteiger partial charge in [0.25, 0.3) is 11.8 Å². The molecule has 5 nitrogen and oxygen atoms in total. The minimum atomic E-state index is -0.481. The summed E-state index contributed by atoms with van der Waals surface area (Å²) in [5, 5.41) is 1.96. The molecule has 1 saturated heterocycles. The lowest BCUT2D eigenvalue weighted by molar-refractivity contribution is -0.136. The molecule has 148 valence electrons. The van der Waals surface area contributed by atoms with E-state index in [1.54, 1.807) is 0 Å². The topological polar surface area (TPSA) is 57.7 Å². The minimum absolute atomic E-state index is 0.129. The fourth-order valence-electron chi connectivity index (χ4n) is 2.98. The molecule has 0 saturated carbocycles. The number of barbiturate groups is 1. The van der Waals surface area contributed by atoms with Gasteiger partial charge in [0.1, 0.15) is 5.57 Å². The molecular formula is C21H24N2O3S2. The van der Waals surface area contributed by atoms with E-state index in [0.29, 0.717) is 17.3 Å². The summed E-state index contributed by atoms with van der Waals surface area (Å²) in [5.74, 6) is -0.928. The summed E-state index contributed by atoms with van der Waals surface area (Å²) >= 11 is 2.81. The molecule has 2 aliphatic heterocycles. The quantitative estimate of drug-likeness (QED) is 0.459. The number of hydrogen-bond acceptors (Lipinski definition) is 5. The second kappa shape index (κ2) is 9.47. The monoisotopic (exact) mass is 416 g/mol. The zero-order valence-corrected chi connectivity index (χ0v) is 17.8. The lowest BCUT2D eigenvalue weighted by Crippen LogP contribution is -2.56. The number of carbonyl (C=O) groups excluding carboxylic acids is 3. The maximum atomic E-state index is 13.1. The number of imide groups is 2. The molecule has 3 rings (SSSR count). The molecule has 1 aromatic carbocycles. The van der Waals surface area contributed by atoms with Gasteiger partial charge in [0.05, 0.1) is 4.24 Å². The number of urea groups is 1. The van der Waals surface area contributed by atoms with Crippen LogP contribution in [0.2, 0.25) is 0 Å². The van der Waals surface area contributed by atoms with E-state index in [2.05, 4.69) is 0 Å². The average molecular weight is 417 g/mol. The molecule has 0 atom stereocenters. The van der Waals surface area contributed by atoms with Crippen LogP contribution in [0.25, 0.3) is 4.91 Å². The number of unbranched alkanes of at least 4 members (excludes halogenated alkanes) is 2. The van der Waals surface area contributed by atoms with Gasteiger partial charge in [0.2, 0.25) is 0 Å². The summed E-state index contributed by atoms with van der Waals surface area (Å²) in [6, 6.07) is 9.39. The van der Waals surface area contributed by atoms with Gasteiger partial charge < -0.3 is 0 Å². The normalized spacial score (nSPS) is 17.6. The van der Waals surface area contributed by atoms with Crippen LogP contribution in [0, 0.1) is 0 Å². The van der Waals surface area contributed by atoms with Crippen LogP contribution in [0.4, 0.5) is 4.79 Å². The smallest absolute Gasteiger partial charge is 0.268 e. The molecule has 0 spiro atoms. The molecule has 0 aromatic heterocycles. The Bertz CT molecular complexity index is 801. The summed E-state index contributed by atoms with van der Waals surface area (Å²) in [5.41, 5.74) is 1.18. The standard InChI is InChI=1S/C21H24N2O3S2/c1-3-5-12-22-18(24)17(19(25)23(21(22)26)13-6-4-2)20-27-14-16(28-20)15-10-8-7-9-11-15/h7-11,14H,3-6,12-13H2,1-2H3. The SMILES string of the molecule is CCCCN1C(=O)C(=C2SC=C(c3ccccc3)S2)C(=O)N(CCCC)C1=O. The Balaban J connectivity index is 1.91. The van der Waals surface area contributed by atoms with Crippen molar-refractivity contribution < 1.29 is 14.4 Å². The van der Waals surface area contributed by atoms with Gasteiger partial charge in [-0.05, 0) is 23.8 Å². The van der Waals surface area contributed by atoms with Crippen molar-refractivity contribution in [2.75, 3.05) is 13.1 Å². The van der Waals surface area contributed by atoms with Crippen LogP contribution in [0.3, 0.4) is 0 Å². The van der Waals surface area contributed by atoms with E-state index in [4.69, 9.17) is 0 Å². The van der Waals surface area contributed by atoms with E-state index in [1.165, 1.54) is 33.3 Å². The number of thioether (sulfide) groups is 2. The van der Waals surface area contributed by atoms with E-state index in [-0.39, 0.29) is 5.57 Å². The van der Waals surface area contributed by atoms with E-state index in [9.17, 15) is 14.4 Å². The Kier molecular flexibility index (Phi) is 7.02. The van der Waals surface area contributed by atoms with Crippen molar-refractivity contribution >= 4 is 46.3 Å². The highest BCUT2D eigenvalue weighted by Gasteiger charge is 2.43. The third-order valence-electron chi connectivity index (χ3n) is 4.59. The van der Waals surface area contributed by atoms with Gasteiger partial charge in [0.15, 0.2) is 0 Å². The molecule has 2 heterocycles. The second-order valence-corrected chi connectivity index (χ2v) is 8.82. The molecule has 0 bridgehead atoms. The molecule has 1 aromatic rings. The van der Waals surface area contributed by atoms with Crippen LogP contribution < -0.4 is 0 Å². The maximum absolute atomic E-state index is 13.1. The Morgan fingerprint density at radius 3 is 1.96 bits per heavy atom. The number of benzene rings is 1. The number of hydrogen-bond donors (Lipinski definition) is 0. The number of nitrogens with zero attached hydrogens (tertiary/aromatic N) is 2. The first-order chi connectivity index (χ1) is 13.6. The lowest BCUT2D eigenvalue weighted by atomic mass is 10.1. The van der Waals surface area contributed by atoms with Crippen LogP contribution in [-0.4, -0.2) is 40.7 Å². The Hall–Kier alpha value is -1.99. The maximum Gasteiger partial charge on any atom is 0.333 e. The molecule has 0 N–H and O–H groups in total. The fraction of sp³-hybridized carbons (Fsp3) is 0.381. The first kappa shape index (κ1) is 20.7. The number of rotatable bonds is 7. The van der Waals surface area contributed by atoms with E-state index in [0.717, 1.165) is 36.2 Å². The van der Waals surface area contributed by atoms with Crippen molar-refractivity contribution in [3.05, 3.63) is 51.1 Å². The highest BCUT2D eigenvalue weighted by Crippen LogP contribution is 2.50. The molecule has 28 heavy (non-hydrogen) atoms. The van der Waals surface area contributed by atoms with E-state index in [1.807, 2.05) is 49.6 Å². The predicted octanol–water partition coefficient (Wildman–Crippen LogP) is 5.07. The summed E-state index contributed by atoms with van der Waals surface area (Å²) in [4.78, 5) is 42.4. The molecule has 0 radical (unpaired) electrons.